The fourth-order valence-corrected chi connectivity index (χ4v) is 3.89. The largest absolute Gasteiger partial charge is 0.506 e. The molecular weight excluding hydrogens is 501 g/mol. The molecule has 0 radical (unpaired) electrons. The maximum absolute atomic E-state index is 13.1. The molecule has 1 aliphatic heterocycles. The van der Waals surface area contributed by atoms with Crippen molar-refractivity contribution in [2.75, 3.05) is 15.5 Å². The monoisotopic (exact) mass is 515 g/mol. The summed E-state index contributed by atoms with van der Waals surface area (Å²) in [5.74, 6) is -2.01. The Bertz CT molecular complexity index is 1390. The van der Waals surface area contributed by atoms with Gasteiger partial charge in [0.2, 0.25) is 0 Å². The number of benzene rings is 3. The van der Waals surface area contributed by atoms with Crippen LogP contribution in [0.5, 0.6) is 5.75 Å². The summed E-state index contributed by atoms with van der Waals surface area (Å²) in [5, 5.41) is 15.8. The average molecular weight is 517 g/mol. The number of hydrogen-bond donors (Lipinski definition) is 3. The average Bonchev–Trinajstić information content (AvgIpc) is 3.01. The number of carbonyl (C=O) groups is 3. The fraction of sp³-hybridized carbons (Fsp3) is 0.0417. The predicted molar refractivity (Wildman–Crippen MR) is 133 cm³/mol. The molecule has 34 heavy (non-hydrogen) atoms. The first-order valence-corrected chi connectivity index (χ1v) is 11.0. The number of amides is 3. The fourth-order valence-electron chi connectivity index (χ4n) is 3.34. The van der Waals surface area contributed by atoms with Crippen molar-refractivity contribution in [1.29, 1.82) is 0 Å². The maximum Gasteiger partial charge on any atom is 0.283 e. The van der Waals surface area contributed by atoms with Gasteiger partial charge in [0.1, 0.15) is 16.5 Å². The molecule has 3 amide bonds. The van der Waals surface area contributed by atoms with Crippen molar-refractivity contribution in [3.05, 3.63) is 92.6 Å². The summed E-state index contributed by atoms with van der Waals surface area (Å²) in [5.41, 5.74) is 1.58. The predicted octanol–water partition coefficient (Wildman–Crippen LogP) is 5.70. The van der Waals surface area contributed by atoms with Crippen molar-refractivity contribution in [2.45, 2.75) is 6.92 Å². The van der Waals surface area contributed by atoms with E-state index in [-0.39, 0.29) is 27.7 Å². The van der Waals surface area contributed by atoms with Gasteiger partial charge in [-0.3, -0.25) is 14.4 Å². The van der Waals surface area contributed by atoms with Crippen molar-refractivity contribution >= 4 is 69.6 Å². The first kappa shape index (κ1) is 23.6. The normalized spacial score (nSPS) is 13.5. The van der Waals surface area contributed by atoms with Gasteiger partial charge in [0.25, 0.3) is 17.7 Å². The number of hydrogen-bond acceptors (Lipinski definition) is 5. The van der Waals surface area contributed by atoms with Gasteiger partial charge in [-0.1, -0.05) is 46.9 Å². The van der Waals surface area contributed by atoms with Gasteiger partial charge in [0.15, 0.2) is 0 Å². The van der Waals surface area contributed by atoms with Crippen LogP contribution in [-0.4, -0.2) is 22.8 Å². The number of anilines is 3. The van der Waals surface area contributed by atoms with Gasteiger partial charge in [-0.15, -0.1) is 0 Å². The summed E-state index contributed by atoms with van der Waals surface area (Å²) in [7, 11) is 0. The van der Waals surface area contributed by atoms with E-state index >= 15 is 0 Å². The smallest absolute Gasteiger partial charge is 0.283 e. The highest BCUT2D eigenvalue weighted by molar-refractivity contribution is 6.53. The SMILES string of the molecule is Cc1ccc(Cl)cc1N1C(=O)C(Cl)=C(Nc2cccc(C(=O)Nc3cc(Cl)ccc3O)c2)C1=O. The van der Waals surface area contributed by atoms with Gasteiger partial charge < -0.3 is 15.7 Å². The molecule has 0 saturated heterocycles. The first-order chi connectivity index (χ1) is 16.2. The molecule has 0 spiro atoms. The van der Waals surface area contributed by atoms with Crippen molar-refractivity contribution in [3.63, 3.8) is 0 Å². The number of aryl methyl sites for hydroxylation is 1. The minimum Gasteiger partial charge on any atom is -0.506 e. The lowest BCUT2D eigenvalue weighted by Crippen LogP contribution is -2.32. The Hall–Kier alpha value is -3.52. The molecule has 0 atom stereocenters. The second kappa shape index (κ2) is 9.38. The summed E-state index contributed by atoms with van der Waals surface area (Å²) in [6.07, 6.45) is 0. The molecule has 0 bridgehead atoms. The van der Waals surface area contributed by atoms with Gasteiger partial charge in [0, 0.05) is 21.3 Å². The molecule has 0 saturated carbocycles. The summed E-state index contributed by atoms with van der Waals surface area (Å²) < 4.78 is 0. The number of aromatic hydroxyl groups is 1. The van der Waals surface area contributed by atoms with Crippen LogP contribution in [0.25, 0.3) is 0 Å². The minimum absolute atomic E-state index is 0.129. The number of rotatable bonds is 5. The molecule has 3 aromatic rings. The second-order valence-electron chi connectivity index (χ2n) is 7.39. The Labute approximate surface area is 209 Å². The Morgan fingerprint density at radius 2 is 1.62 bits per heavy atom. The number of nitrogens with zero attached hydrogens (tertiary/aromatic N) is 1. The van der Waals surface area contributed by atoms with Crippen LogP contribution in [0.15, 0.2) is 71.4 Å². The summed E-state index contributed by atoms with van der Waals surface area (Å²) in [6.45, 7) is 1.74. The van der Waals surface area contributed by atoms with Crippen LogP contribution >= 0.6 is 34.8 Å². The molecular formula is C24H16Cl3N3O4. The molecule has 4 rings (SSSR count). The number of phenols is 1. The number of phenolic OH excluding ortho intramolecular Hbond substituents is 1. The molecule has 0 fully saturated rings. The van der Waals surface area contributed by atoms with Crippen LogP contribution in [0.2, 0.25) is 10.0 Å². The van der Waals surface area contributed by atoms with E-state index in [2.05, 4.69) is 10.6 Å². The Morgan fingerprint density at radius 3 is 2.38 bits per heavy atom. The van der Waals surface area contributed by atoms with Gasteiger partial charge in [-0.2, -0.15) is 0 Å². The first-order valence-electron chi connectivity index (χ1n) is 9.87. The van der Waals surface area contributed by atoms with Crippen molar-refractivity contribution in [3.8, 4) is 5.75 Å². The zero-order chi connectivity index (χ0) is 24.6. The molecule has 10 heteroatoms. The molecule has 3 aromatic carbocycles. The van der Waals surface area contributed by atoms with E-state index in [1.54, 1.807) is 37.3 Å². The zero-order valence-corrected chi connectivity index (χ0v) is 19.8. The lowest BCUT2D eigenvalue weighted by Gasteiger charge is -2.18. The Kier molecular flexibility index (Phi) is 6.52. The third-order valence-electron chi connectivity index (χ3n) is 5.04. The lowest BCUT2D eigenvalue weighted by atomic mass is 10.1. The van der Waals surface area contributed by atoms with Gasteiger partial charge >= 0.3 is 0 Å². The second-order valence-corrected chi connectivity index (χ2v) is 8.64. The van der Waals surface area contributed by atoms with E-state index in [1.807, 2.05) is 0 Å². The number of nitrogens with one attached hydrogen (secondary N) is 2. The van der Waals surface area contributed by atoms with E-state index in [4.69, 9.17) is 34.8 Å². The highest BCUT2D eigenvalue weighted by Gasteiger charge is 2.39. The maximum atomic E-state index is 13.1. The van der Waals surface area contributed by atoms with E-state index in [0.717, 1.165) is 4.90 Å². The quantitative estimate of drug-likeness (QED) is 0.299. The third kappa shape index (κ3) is 4.59. The third-order valence-corrected chi connectivity index (χ3v) is 5.86. The molecule has 7 nitrogen and oxygen atoms in total. The van der Waals surface area contributed by atoms with Crippen LogP contribution in [-0.2, 0) is 9.59 Å². The van der Waals surface area contributed by atoms with Crippen LogP contribution in [0.1, 0.15) is 15.9 Å². The molecule has 0 aliphatic carbocycles. The summed E-state index contributed by atoms with van der Waals surface area (Å²) in [4.78, 5) is 39.4. The summed E-state index contributed by atoms with van der Waals surface area (Å²) in [6, 6.07) is 15.3. The minimum atomic E-state index is -0.690. The van der Waals surface area contributed by atoms with E-state index in [0.29, 0.717) is 27.0 Å². The number of halogens is 3. The highest BCUT2D eigenvalue weighted by atomic mass is 35.5. The number of imide groups is 1. The van der Waals surface area contributed by atoms with E-state index in [9.17, 15) is 19.5 Å². The highest BCUT2D eigenvalue weighted by Crippen LogP contribution is 2.33. The van der Waals surface area contributed by atoms with E-state index < -0.39 is 17.7 Å². The zero-order valence-electron chi connectivity index (χ0n) is 17.5. The Balaban J connectivity index is 1.57. The van der Waals surface area contributed by atoms with Crippen LogP contribution in [0, 0.1) is 6.92 Å². The Morgan fingerprint density at radius 1 is 0.912 bits per heavy atom. The van der Waals surface area contributed by atoms with Gasteiger partial charge in [-0.25, -0.2) is 4.90 Å². The molecule has 0 unspecified atom stereocenters. The molecule has 3 N–H and O–H groups in total. The molecule has 1 heterocycles. The van der Waals surface area contributed by atoms with Gasteiger partial charge in [-0.05, 0) is 61.0 Å². The topological polar surface area (TPSA) is 98.7 Å². The van der Waals surface area contributed by atoms with Crippen molar-refractivity contribution < 1.29 is 19.5 Å². The van der Waals surface area contributed by atoms with E-state index in [1.165, 1.54) is 30.3 Å². The lowest BCUT2D eigenvalue weighted by molar-refractivity contribution is -0.120. The van der Waals surface area contributed by atoms with Crippen LogP contribution in [0.4, 0.5) is 17.1 Å². The van der Waals surface area contributed by atoms with Crippen LogP contribution in [0.3, 0.4) is 0 Å². The van der Waals surface area contributed by atoms with Crippen molar-refractivity contribution in [1.82, 2.24) is 0 Å². The van der Waals surface area contributed by atoms with Gasteiger partial charge in [0.05, 0.1) is 11.4 Å². The van der Waals surface area contributed by atoms with Crippen molar-refractivity contribution in [2.24, 2.45) is 0 Å². The standard InChI is InChI=1S/C24H16Cl3N3O4/c1-12-5-6-15(26)11-18(12)30-23(33)20(27)21(24(30)34)28-16-4-2-3-13(9-16)22(32)29-17-10-14(25)7-8-19(17)31/h2-11,28,31H,1H3,(H,29,32). The van der Waals surface area contributed by atoms with Crippen LogP contribution < -0.4 is 15.5 Å². The molecule has 0 aromatic heterocycles. The molecule has 1 aliphatic rings. The molecule has 172 valence electrons. The summed E-state index contributed by atoms with van der Waals surface area (Å²) >= 11 is 18.2. The number of carbonyl (C=O) groups excluding carboxylic acids is 3.